The smallest absolute Gasteiger partial charge is 0.257 e. The molecule has 28 heavy (non-hydrogen) atoms. The third kappa shape index (κ3) is 4.96. The van der Waals surface area contributed by atoms with E-state index in [0.717, 1.165) is 5.52 Å². The van der Waals surface area contributed by atoms with Crippen molar-refractivity contribution in [2.75, 3.05) is 19.5 Å². The van der Waals surface area contributed by atoms with Gasteiger partial charge in [0.2, 0.25) is 0 Å². The summed E-state index contributed by atoms with van der Waals surface area (Å²) in [5, 5.41) is 4.78. The van der Waals surface area contributed by atoms with E-state index in [1.165, 1.54) is 25.1 Å². The van der Waals surface area contributed by atoms with E-state index in [2.05, 4.69) is 15.5 Å². The van der Waals surface area contributed by atoms with Gasteiger partial charge in [-0.3, -0.25) is 4.79 Å². The molecule has 3 rings (SSSR count). The molecule has 1 amide bonds. The van der Waals surface area contributed by atoms with Crippen molar-refractivity contribution in [3.8, 4) is 11.5 Å². The van der Waals surface area contributed by atoms with Crippen molar-refractivity contribution in [1.82, 2.24) is 10.4 Å². The number of carbonyl (C=O) groups is 1. The van der Waals surface area contributed by atoms with Gasteiger partial charge in [0, 0.05) is 0 Å². The maximum absolute atomic E-state index is 12.0. The first-order valence-electron chi connectivity index (χ1n) is 8.41. The summed E-state index contributed by atoms with van der Waals surface area (Å²) >= 11 is 7.38. The number of halogens is 1. The molecule has 0 saturated carbocycles. The predicted molar refractivity (Wildman–Crippen MR) is 110 cm³/mol. The number of thioether (sulfide) groups is 1. The second-order valence-electron chi connectivity index (χ2n) is 5.50. The van der Waals surface area contributed by atoms with Gasteiger partial charge in [0.05, 0.1) is 30.7 Å². The van der Waals surface area contributed by atoms with E-state index in [1.54, 1.807) is 12.1 Å². The van der Waals surface area contributed by atoms with Crippen LogP contribution in [0.2, 0.25) is 5.02 Å². The minimum atomic E-state index is -0.284. The number of aromatic nitrogens is 1. The number of nitrogens with zero attached hydrogens (tertiary/aromatic N) is 2. The summed E-state index contributed by atoms with van der Waals surface area (Å²) in [6.45, 7) is 2.33. The topological polar surface area (TPSA) is 86.0 Å². The summed E-state index contributed by atoms with van der Waals surface area (Å²) in [5.74, 6) is 0.807. The van der Waals surface area contributed by atoms with Gasteiger partial charge in [-0.25, -0.2) is 10.4 Å². The van der Waals surface area contributed by atoms with E-state index in [-0.39, 0.29) is 11.7 Å². The lowest BCUT2D eigenvalue weighted by Gasteiger charge is -2.11. The van der Waals surface area contributed by atoms with E-state index >= 15 is 0 Å². The first-order valence-corrected chi connectivity index (χ1v) is 9.77. The Kier molecular flexibility index (Phi) is 6.78. The molecule has 9 heteroatoms. The third-order valence-electron chi connectivity index (χ3n) is 3.54. The number of ether oxygens (including phenoxy) is 2. The van der Waals surface area contributed by atoms with E-state index in [0.29, 0.717) is 39.5 Å². The molecule has 0 fully saturated rings. The number of hydrogen-bond acceptors (Lipinski definition) is 7. The first kappa shape index (κ1) is 20.0. The van der Waals surface area contributed by atoms with Crippen molar-refractivity contribution in [2.24, 2.45) is 5.10 Å². The summed E-state index contributed by atoms with van der Waals surface area (Å²) in [5.41, 5.74) is 4.57. The van der Waals surface area contributed by atoms with Crippen molar-refractivity contribution >= 4 is 46.6 Å². The van der Waals surface area contributed by atoms with E-state index < -0.39 is 0 Å². The fourth-order valence-electron chi connectivity index (χ4n) is 2.37. The molecule has 146 valence electrons. The Labute approximate surface area is 171 Å². The Balaban J connectivity index is 1.57. The number of benzene rings is 2. The molecular formula is C19H18ClN3O4S. The van der Waals surface area contributed by atoms with Crippen LogP contribution in [0.25, 0.3) is 11.1 Å². The Hall–Kier alpha value is -2.71. The lowest BCUT2D eigenvalue weighted by Crippen LogP contribution is -2.19. The van der Waals surface area contributed by atoms with Crippen LogP contribution in [-0.4, -0.2) is 36.6 Å². The highest BCUT2D eigenvalue weighted by Crippen LogP contribution is 2.35. The molecule has 0 bridgehead atoms. The average molecular weight is 420 g/mol. The van der Waals surface area contributed by atoms with Gasteiger partial charge < -0.3 is 13.9 Å². The highest BCUT2D eigenvalue weighted by molar-refractivity contribution is 7.99. The monoisotopic (exact) mass is 419 g/mol. The molecule has 2 aromatic carbocycles. The minimum Gasteiger partial charge on any atom is -0.491 e. The number of methoxy groups -OCH3 is 1. The standard InChI is InChI=1S/C19H18ClN3O4S/c1-3-26-16-9-12(8-13(20)18(16)25-2)10-21-23-17(24)11-28-19-22-14-6-4-5-7-15(14)27-19/h4-10H,3,11H2,1-2H3,(H,23,24)/b21-10-. The Bertz CT molecular complexity index is 973. The SMILES string of the molecule is CCOc1cc(/C=N\NC(=O)CSc2nc3ccccc3o2)cc(Cl)c1OC. The maximum atomic E-state index is 12.0. The fourth-order valence-corrected chi connectivity index (χ4v) is 3.30. The normalized spacial score (nSPS) is 11.1. The van der Waals surface area contributed by atoms with Gasteiger partial charge in [0.15, 0.2) is 17.1 Å². The molecule has 1 heterocycles. The van der Waals surface area contributed by atoms with Crippen LogP contribution in [0.15, 0.2) is 51.1 Å². The van der Waals surface area contributed by atoms with E-state index in [1.807, 2.05) is 31.2 Å². The molecule has 0 aliphatic rings. The number of oxazole rings is 1. The number of hydrazone groups is 1. The van der Waals surface area contributed by atoms with Crippen LogP contribution in [0, 0.1) is 0 Å². The van der Waals surface area contributed by atoms with Crippen molar-refractivity contribution in [1.29, 1.82) is 0 Å². The molecule has 1 aromatic heterocycles. The van der Waals surface area contributed by atoms with Gasteiger partial charge >= 0.3 is 0 Å². The molecule has 0 unspecified atom stereocenters. The Morgan fingerprint density at radius 3 is 2.96 bits per heavy atom. The molecule has 0 atom stereocenters. The second-order valence-corrected chi connectivity index (χ2v) is 6.83. The first-order chi connectivity index (χ1) is 13.6. The number of para-hydroxylation sites is 2. The Morgan fingerprint density at radius 1 is 1.39 bits per heavy atom. The molecule has 3 aromatic rings. The summed E-state index contributed by atoms with van der Waals surface area (Å²) in [7, 11) is 1.52. The molecule has 0 spiro atoms. The number of amides is 1. The van der Waals surface area contributed by atoms with Crippen molar-refractivity contribution in [2.45, 2.75) is 12.1 Å². The van der Waals surface area contributed by atoms with Gasteiger partial charge in [-0.1, -0.05) is 35.5 Å². The minimum absolute atomic E-state index is 0.123. The van der Waals surface area contributed by atoms with Crippen LogP contribution in [0.5, 0.6) is 11.5 Å². The molecule has 0 aliphatic carbocycles. The van der Waals surface area contributed by atoms with Gasteiger partial charge in [-0.15, -0.1) is 0 Å². The number of rotatable bonds is 8. The summed E-state index contributed by atoms with van der Waals surface area (Å²) in [4.78, 5) is 16.3. The highest BCUT2D eigenvalue weighted by atomic mass is 35.5. The molecule has 0 saturated heterocycles. The van der Waals surface area contributed by atoms with Gasteiger partial charge in [0.25, 0.3) is 11.1 Å². The van der Waals surface area contributed by atoms with Crippen LogP contribution in [0.1, 0.15) is 12.5 Å². The third-order valence-corrected chi connectivity index (χ3v) is 4.65. The fraction of sp³-hybridized carbons (Fsp3) is 0.211. The largest absolute Gasteiger partial charge is 0.491 e. The average Bonchev–Trinajstić information content (AvgIpc) is 3.09. The van der Waals surface area contributed by atoms with Gasteiger partial charge in [-0.05, 0) is 36.8 Å². The van der Waals surface area contributed by atoms with Crippen LogP contribution in [-0.2, 0) is 4.79 Å². The zero-order valence-electron chi connectivity index (χ0n) is 15.3. The number of fused-ring (bicyclic) bond motifs is 1. The summed E-state index contributed by atoms with van der Waals surface area (Å²) in [6.07, 6.45) is 1.48. The number of hydrogen-bond donors (Lipinski definition) is 1. The van der Waals surface area contributed by atoms with Crippen LogP contribution in [0.3, 0.4) is 0 Å². The zero-order valence-corrected chi connectivity index (χ0v) is 16.8. The molecule has 0 aliphatic heterocycles. The van der Waals surface area contributed by atoms with Crippen LogP contribution < -0.4 is 14.9 Å². The van der Waals surface area contributed by atoms with Crippen molar-refractivity contribution < 1.29 is 18.7 Å². The molecule has 1 N–H and O–H groups in total. The lowest BCUT2D eigenvalue weighted by molar-refractivity contribution is -0.118. The van der Waals surface area contributed by atoms with Crippen LogP contribution >= 0.6 is 23.4 Å². The number of carbonyl (C=O) groups excluding carboxylic acids is 1. The number of nitrogens with one attached hydrogen (secondary N) is 1. The summed E-state index contributed by atoms with van der Waals surface area (Å²) < 4.78 is 16.3. The highest BCUT2D eigenvalue weighted by Gasteiger charge is 2.11. The summed E-state index contributed by atoms with van der Waals surface area (Å²) in [6, 6.07) is 10.8. The van der Waals surface area contributed by atoms with Gasteiger partial charge in [0.1, 0.15) is 5.52 Å². The Morgan fingerprint density at radius 2 is 2.21 bits per heavy atom. The molecule has 0 radical (unpaired) electrons. The van der Waals surface area contributed by atoms with Crippen molar-refractivity contribution in [3.05, 3.63) is 47.0 Å². The van der Waals surface area contributed by atoms with Crippen molar-refractivity contribution in [3.63, 3.8) is 0 Å². The maximum Gasteiger partial charge on any atom is 0.257 e. The van der Waals surface area contributed by atoms with E-state index in [4.69, 9.17) is 25.5 Å². The quantitative estimate of drug-likeness (QED) is 0.335. The second kappa shape index (κ2) is 9.48. The predicted octanol–water partition coefficient (Wildman–Crippen LogP) is 4.13. The molecular weight excluding hydrogens is 402 g/mol. The van der Waals surface area contributed by atoms with Crippen LogP contribution in [0.4, 0.5) is 0 Å². The lowest BCUT2D eigenvalue weighted by atomic mass is 10.2. The van der Waals surface area contributed by atoms with Gasteiger partial charge in [-0.2, -0.15) is 5.10 Å². The van der Waals surface area contributed by atoms with E-state index in [9.17, 15) is 4.79 Å². The zero-order chi connectivity index (χ0) is 19.9. The molecule has 7 nitrogen and oxygen atoms in total.